The molecule has 0 aromatic heterocycles. The van der Waals surface area contributed by atoms with E-state index in [4.69, 9.17) is 16.7 Å². The van der Waals surface area contributed by atoms with E-state index in [1.165, 1.54) is 6.07 Å². The van der Waals surface area contributed by atoms with Crippen molar-refractivity contribution in [2.45, 2.75) is 26.3 Å². The highest BCUT2D eigenvalue weighted by Crippen LogP contribution is 2.40. The van der Waals surface area contributed by atoms with Gasteiger partial charge < -0.3 is 15.3 Å². The lowest BCUT2D eigenvalue weighted by Crippen LogP contribution is -2.33. The molecule has 0 unspecified atom stereocenters. The van der Waals surface area contributed by atoms with Gasteiger partial charge in [0.25, 0.3) is 5.91 Å². The molecule has 2 N–H and O–H groups in total. The predicted molar refractivity (Wildman–Crippen MR) is 86.5 cm³/mol. The van der Waals surface area contributed by atoms with Gasteiger partial charge in [-0.3, -0.25) is 14.4 Å². The molecule has 1 aliphatic carbocycles. The van der Waals surface area contributed by atoms with Gasteiger partial charge in [-0.05, 0) is 38.5 Å². The summed E-state index contributed by atoms with van der Waals surface area (Å²) in [6, 6.07) is 4.69. The van der Waals surface area contributed by atoms with Crippen LogP contribution >= 0.6 is 11.6 Å². The van der Waals surface area contributed by atoms with Gasteiger partial charge in [0.2, 0.25) is 5.91 Å². The Morgan fingerprint density at radius 1 is 1.30 bits per heavy atom. The molecule has 0 radical (unpaired) electrons. The number of halogens is 1. The van der Waals surface area contributed by atoms with Crippen molar-refractivity contribution in [3.8, 4) is 0 Å². The first-order chi connectivity index (χ1) is 10.7. The molecule has 0 heterocycles. The molecule has 1 fully saturated rings. The molecule has 2 rings (SSSR count). The summed E-state index contributed by atoms with van der Waals surface area (Å²) in [6.07, 6.45) is 0.327. The van der Waals surface area contributed by atoms with Crippen molar-refractivity contribution in [3.63, 3.8) is 0 Å². The van der Waals surface area contributed by atoms with E-state index in [9.17, 15) is 14.4 Å². The van der Waals surface area contributed by atoms with Gasteiger partial charge in [0.1, 0.15) is 0 Å². The normalized spacial score (nSPS) is 19.3. The molecule has 7 heteroatoms. The average molecular weight is 339 g/mol. The maximum Gasteiger partial charge on any atom is 0.307 e. The molecule has 124 valence electrons. The highest BCUT2D eigenvalue weighted by Gasteiger charge is 2.48. The van der Waals surface area contributed by atoms with E-state index in [0.717, 1.165) is 0 Å². The third kappa shape index (κ3) is 3.82. The molecule has 1 aromatic carbocycles. The van der Waals surface area contributed by atoms with E-state index in [1.807, 2.05) is 13.8 Å². The van der Waals surface area contributed by atoms with Crippen LogP contribution in [0.1, 0.15) is 30.6 Å². The largest absolute Gasteiger partial charge is 0.481 e. The fourth-order valence-electron chi connectivity index (χ4n) is 2.18. The molecular weight excluding hydrogens is 320 g/mol. The van der Waals surface area contributed by atoms with Crippen molar-refractivity contribution in [1.29, 1.82) is 0 Å². The highest BCUT2D eigenvalue weighted by molar-refractivity contribution is 6.34. The lowest BCUT2D eigenvalue weighted by atomic mass is 10.1. The molecule has 0 saturated heterocycles. The molecule has 0 aliphatic heterocycles. The van der Waals surface area contributed by atoms with Crippen molar-refractivity contribution in [2.24, 2.45) is 11.8 Å². The Morgan fingerprint density at radius 3 is 2.48 bits per heavy atom. The number of aliphatic carboxylic acids is 1. The monoisotopic (exact) mass is 338 g/mol. The second kappa shape index (κ2) is 6.58. The third-order valence-corrected chi connectivity index (χ3v) is 4.34. The average Bonchev–Trinajstić information content (AvgIpc) is 3.28. The predicted octanol–water partition coefficient (Wildman–Crippen LogP) is 2.48. The first-order valence-electron chi connectivity index (χ1n) is 7.32. The van der Waals surface area contributed by atoms with Gasteiger partial charge in [-0.1, -0.05) is 11.6 Å². The fourth-order valence-corrected chi connectivity index (χ4v) is 2.34. The standard InChI is InChI=1S/C16H19ClN2O4/c1-8(2)19(3)15(21)9-4-5-12(17)13(6-9)18-14(20)10-7-11(10)16(22)23/h4-6,8,10-11H,7H2,1-3H3,(H,18,20)(H,22,23)/t10-,11-/m1/s1. The van der Waals surface area contributed by atoms with Crippen LogP contribution in [0.3, 0.4) is 0 Å². The van der Waals surface area contributed by atoms with Crippen molar-refractivity contribution in [2.75, 3.05) is 12.4 Å². The van der Waals surface area contributed by atoms with Crippen LogP contribution in [0.25, 0.3) is 0 Å². The SMILES string of the molecule is CC(C)N(C)C(=O)c1ccc(Cl)c(NC(=O)[C@@H]2C[C@H]2C(=O)O)c1. The third-order valence-electron chi connectivity index (χ3n) is 4.01. The van der Waals surface area contributed by atoms with Gasteiger partial charge >= 0.3 is 5.97 Å². The second-order valence-electron chi connectivity index (χ2n) is 5.98. The summed E-state index contributed by atoms with van der Waals surface area (Å²) in [4.78, 5) is 36.8. The molecule has 0 spiro atoms. The zero-order chi connectivity index (χ0) is 17.3. The lowest BCUT2D eigenvalue weighted by Gasteiger charge is -2.22. The first-order valence-corrected chi connectivity index (χ1v) is 7.70. The molecule has 1 aliphatic rings. The zero-order valence-electron chi connectivity index (χ0n) is 13.2. The van der Waals surface area contributed by atoms with E-state index in [1.54, 1.807) is 24.1 Å². The molecule has 1 aromatic rings. The van der Waals surface area contributed by atoms with Crippen LogP contribution in [0, 0.1) is 11.8 Å². The summed E-state index contributed by atoms with van der Waals surface area (Å²) >= 11 is 6.06. The van der Waals surface area contributed by atoms with Crippen molar-refractivity contribution < 1.29 is 19.5 Å². The molecule has 2 atom stereocenters. The number of anilines is 1. The van der Waals surface area contributed by atoms with Crippen LogP contribution < -0.4 is 5.32 Å². The second-order valence-corrected chi connectivity index (χ2v) is 6.39. The molecule has 1 saturated carbocycles. The Labute approximate surface area is 139 Å². The van der Waals surface area contributed by atoms with E-state index in [0.29, 0.717) is 22.7 Å². The van der Waals surface area contributed by atoms with Crippen molar-refractivity contribution in [1.82, 2.24) is 4.90 Å². The highest BCUT2D eigenvalue weighted by atomic mass is 35.5. The van der Waals surface area contributed by atoms with Gasteiger partial charge in [0.15, 0.2) is 0 Å². The quantitative estimate of drug-likeness (QED) is 0.863. The van der Waals surface area contributed by atoms with Gasteiger partial charge in [-0.2, -0.15) is 0 Å². The Kier molecular flexibility index (Phi) is 4.94. The van der Waals surface area contributed by atoms with E-state index in [2.05, 4.69) is 5.32 Å². The summed E-state index contributed by atoms with van der Waals surface area (Å²) in [6.45, 7) is 3.80. The van der Waals surface area contributed by atoms with Gasteiger partial charge in [0, 0.05) is 18.7 Å². The number of carbonyl (C=O) groups excluding carboxylic acids is 2. The molecule has 23 heavy (non-hydrogen) atoms. The van der Waals surface area contributed by atoms with E-state index < -0.39 is 17.8 Å². The minimum absolute atomic E-state index is 0.0407. The lowest BCUT2D eigenvalue weighted by molar-refractivity contribution is -0.139. The summed E-state index contributed by atoms with van der Waals surface area (Å²) in [5.41, 5.74) is 0.724. The van der Waals surface area contributed by atoms with Crippen LogP contribution in [-0.4, -0.2) is 40.9 Å². The van der Waals surface area contributed by atoms with Gasteiger partial charge in [0.05, 0.1) is 22.5 Å². The van der Waals surface area contributed by atoms with Gasteiger partial charge in [-0.15, -0.1) is 0 Å². The number of hydrogen-bond acceptors (Lipinski definition) is 3. The number of carbonyl (C=O) groups is 3. The summed E-state index contributed by atoms with van der Waals surface area (Å²) in [5.74, 6) is -2.71. The minimum atomic E-state index is -0.973. The minimum Gasteiger partial charge on any atom is -0.481 e. The van der Waals surface area contributed by atoms with E-state index >= 15 is 0 Å². The Morgan fingerprint density at radius 2 is 1.96 bits per heavy atom. The summed E-state index contributed by atoms with van der Waals surface area (Å²) in [7, 11) is 1.70. The summed E-state index contributed by atoms with van der Waals surface area (Å²) < 4.78 is 0. The Bertz CT molecular complexity index is 659. The van der Waals surface area contributed by atoms with Crippen LogP contribution in [0.2, 0.25) is 5.02 Å². The number of amides is 2. The van der Waals surface area contributed by atoms with Crippen LogP contribution in [0.4, 0.5) is 5.69 Å². The maximum absolute atomic E-state index is 12.3. The molecule has 2 amide bonds. The fraction of sp³-hybridized carbons (Fsp3) is 0.438. The van der Waals surface area contributed by atoms with Crippen LogP contribution in [-0.2, 0) is 9.59 Å². The zero-order valence-corrected chi connectivity index (χ0v) is 13.9. The summed E-state index contributed by atoms with van der Waals surface area (Å²) in [5, 5.41) is 11.8. The Balaban J connectivity index is 2.14. The number of hydrogen-bond donors (Lipinski definition) is 2. The number of carboxylic acids is 1. The van der Waals surface area contributed by atoms with Crippen LogP contribution in [0.5, 0.6) is 0 Å². The topological polar surface area (TPSA) is 86.7 Å². The van der Waals surface area contributed by atoms with Gasteiger partial charge in [-0.25, -0.2) is 0 Å². The molecule has 0 bridgehead atoms. The first kappa shape index (κ1) is 17.3. The number of nitrogens with zero attached hydrogens (tertiary/aromatic N) is 1. The number of benzene rings is 1. The number of nitrogens with one attached hydrogen (secondary N) is 1. The number of carboxylic acid groups (broad SMARTS) is 1. The smallest absolute Gasteiger partial charge is 0.307 e. The Hall–Kier alpha value is -2.08. The van der Waals surface area contributed by atoms with Crippen molar-refractivity contribution in [3.05, 3.63) is 28.8 Å². The van der Waals surface area contributed by atoms with Crippen LogP contribution in [0.15, 0.2) is 18.2 Å². The number of rotatable bonds is 5. The van der Waals surface area contributed by atoms with E-state index in [-0.39, 0.29) is 17.9 Å². The van der Waals surface area contributed by atoms with Crippen molar-refractivity contribution >= 4 is 35.1 Å². The maximum atomic E-state index is 12.3. The molecule has 6 nitrogen and oxygen atoms in total. The molecular formula is C16H19ClN2O4.